The maximum atomic E-state index is 13.0. The molecule has 0 atom stereocenters. The van der Waals surface area contributed by atoms with E-state index in [4.69, 9.17) is 9.47 Å². The monoisotopic (exact) mass is 338 g/mol. The summed E-state index contributed by atoms with van der Waals surface area (Å²) in [6, 6.07) is 4.72. The molecule has 1 aromatic heterocycles. The number of aromatic nitrogens is 3. The van der Waals surface area contributed by atoms with Crippen molar-refractivity contribution in [1.82, 2.24) is 19.1 Å². The molecule has 0 bridgehead atoms. The summed E-state index contributed by atoms with van der Waals surface area (Å²) in [5, 5.41) is 8.04. The van der Waals surface area contributed by atoms with Gasteiger partial charge in [0.2, 0.25) is 10.0 Å². The molecule has 0 saturated carbocycles. The Kier molecular flexibility index (Phi) is 3.99. The van der Waals surface area contributed by atoms with Gasteiger partial charge in [-0.25, -0.2) is 8.42 Å². The summed E-state index contributed by atoms with van der Waals surface area (Å²) in [7, 11) is -0.792. The molecular weight excluding hydrogens is 320 g/mol. The van der Waals surface area contributed by atoms with Crippen LogP contribution in [0.15, 0.2) is 23.1 Å². The first-order valence-electron chi connectivity index (χ1n) is 7.08. The van der Waals surface area contributed by atoms with Gasteiger partial charge in [0, 0.05) is 19.2 Å². The number of rotatable bonds is 4. The lowest BCUT2D eigenvalue weighted by molar-refractivity contribution is 0.329. The maximum Gasteiger partial charge on any atom is 0.247 e. The fraction of sp³-hybridized carbons (Fsp3) is 0.429. The van der Waals surface area contributed by atoms with Crippen LogP contribution in [0.3, 0.4) is 0 Å². The van der Waals surface area contributed by atoms with Crippen LogP contribution < -0.4 is 9.47 Å². The molecule has 0 fully saturated rings. The average molecular weight is 338 g/mol. The van der Waals surface area contributed by atoms with Gasteiger partial charge < -0.3 is 14.0 Å². The molecule has 9 heteroatoms. The van der Waals surface area contributed by atoms with E-state index in [0.29, 0.717) is 24.7 Å². The highest BCUT2D eigenvalue weighted by Gasteiger charge is 2.32. The SMILES string of the molecule is COc1ccc(OC)c(S(=O)(=O)N2CCn3c(C)nnc3C2)c1. The van der Waals surface area contributed by atoms with Crippen LogP contribution in [-0.2, 0) is 23.1 Å². The van der Waals surface area contributed by atoms with Gasteiger partial charge in [-0.15, -0.1) is 10.2 Å². The zero-order valence-electron chi connectivity index (χ0n) is 13.2. The Balaban J connectivity index is 1.99. The molecule has 1 aliphatic rings. The number of hydrogen-bond acceptors (Lipinski definition) is 6. The number of benzene rings is 1. The summed E-state index contributed by atoms with van der Waals surface area (Å²) in [5.41, 5.74) is 0. The quantitative estimate of drug-likeness (QED) is 0.820. The summed E-state index contributed by atoms with van der Waals surface area (Å²) < 4.78 is 39.6. The number of nitrogens with zero attached hydrogens (tertiary/aromatic N) is 4. The Morgan fingerprint density at radius 2 is 1.91 bits per heavy atom. The van der Waals surface area contributed by atoms with Crippen LogP contribution in [0.25, 0.3) is 0 Å². The number of methoxy groups -OCH3 is 2. The van der Waals surface area contributed by atoms with Crippen molar-refractivity contribution in [3.05, 3.63) is 29.8 Å². The Hall–Kier alpha value is -2.13. The van der Waals surface area contributed by atoms with E-state index in [1.54, 1.807) is 12.1 Å². The Bertz CT molecular complexity index is 831. The third-order valence-electron chi connectivity index (χ3n) is 3.89. The zero-order valence-corrected chi connectivity index (χ0v) is 14.0. The van der Waals surface area contributed by atoms with Crippen molar-refractivity contribution in [2.45, 2.75) is 24.9 Å². The second-order valence-electron chi connectivity index (χ2n) is 5.17. The number of fused-ring (bicyclic) bond motifs is 1. The smallest absolute Gasteiger partial charge is 0.247 e. The Morgan fingerprint density at radius 1 is 1.13 bits per heavy atom. The van der Waals surface area contributed by atoms with Gasteiger partial charge in [0.15, 0.2) is 0 Å². The predicted octanol–water partition coefficient (Wildman–Crippen LogP) is 0.808. The molecule has 23 heavy (non-hydrogen) atoms. The topological polar surface area (TPSA) is 86.5 Å². The highest BCUT2D eigenvalue weighted by Crippen LogP contribution is 2.32. The minimum Gasteiger partial charge on any atom is -0.497 e. The van der Waals surface area contributed by atoms with Crippen molar-refractivity contribution in [2.75, 3.05) is 20.8 Å². The van der Waals surface area contributed by atoms with Crippen LogP contribution in [0.4, 0.5) is 0 Å². The van der Waals surface area contributed by atoms with Crippen molar-refractivity contribution in [3.8, 4) is 11.5 Å². The highest BCUT2D eigenvalue weighted by molar-refractivity contribution is 7.89. The normalized spacial score (nSPS) is 15.3. The molecule has 3 rings (SSSR count). The standard InChI is InChI=1S/C14H18N4O4S/c1-10-15-16-14-9-17(6-7-18(10)14)23(19,20)13-8-11(21-2)4-5-12(13)22-3/h4-5,8H,6-7,9H2,1-3H3. The van der Waals surface area contributed by atoms with Gasteiger partial charge in [-0.05, 0) is 19.1 Å². The minimum absolute atomic E-state index is 0.0871. The lowest BCUT2D eigenvalue weighted by atomic mass is 10.3. The van der Waals surface area contributed by atoms with Crippen LogP contribution >= 0.6 is 0 Å². The average Bonchev–Trinajstić information content (AvgIpc) is 2.95. The van der Waals surface area contributed by atoms with Crippen LogP contribution in [0, 0.1) is 6.92 Å². The number of ether oxygens (including phenoxy) is 2. The first-order valence-corrected chi connectivity index (χ1v) is 8.52. The largest absolute Gasteiger partial charge is 0.497 e. The van der Waals surface area contributed by atoms with Crippen molar-refractivity contribution in [1.29, 1.82) is 0 Å². The van der Waals surface area contributed by atoms with Gasteiger partial charge in [0.25, 0.3) is 0 Å². The predicted molar refractivity (Wildman–Crippen MR) is 81.9 cm³/mol. The third kappa shape index (κ3) is 2.66. The van der Waals surface area contributed by atoms with E-state index in [-0.39, 0.29) is 17.2 Å². The third-order valence-corrected chi connectivity index (χ3v) is 5.76. The molecule has 124 valence electrons. The van der Waals surface area contributed by atoms with Gasteiger partial charge in [-0.3, -0.25) is 0 Å². The Morgan fingerprint density at radius 3 is 2.61 bits per heavy atom. The van der Waals surface area contributed by atoms with E-state index in [0.717, 1.165) is 5.82 Å². The molecule has 2 aromatic rings. The van der Waals surface area contributed by atoms with Gasteiger partial charge >= 0.3 is 0 Å². The molecular formula is C14H18N4O4S. The van der Waals surface area contributed by atoms with Gasteiger partial charge in [-0.1, -0.05) is 0 Å². The fourth-order valence-electron chi connectivity index (χ4n) is 2.61. The number of hydrogen-bond donors (Lipinski definition) is 0. The lowest BCUT2D eigenvalue weighted by Crippen LogP contribution is -2.38. The summed E-state index contributed by atoms with van der Waals surface area (Å²) in [6.07, 6.45) is 0. The first-order chi connectivity index (χ1) is 11.0. The number of aryl methyl sites for hydroxylation is 1. The van der Waals surface area contributed by atoms with E-state index >= 15 is 0 Å². The molecule has 2 heterocycles. The van der Waals surface area contributed by atoms with E-state index in [1.165, 1.54) is 24.6 Å². The second-order valence-corrected chi connectivity index (χ2v) is 7.08. The zero-order chi connectivity index (χ0) is 16.6. The van der Waals surface area contributed by atoms with Crippen LogP contribution in [0.5, 0.6) is 11.5 Å². The number of sulfonamides is 1. The van der Waals surface area contributed by atoms with Crippen molar-refractivity contribution >= 4 is 10.0 Å². The van der Waals surface area contributed by atoms with Crippen molar-refractivity contribution in [2.24, 2.45) is 0 Å². The molecule has 0 amide bonds. The van der Waals surface area contributed by atoms with E-state index < -0.39 is 10.0 Å². The molecule has 0 aliphatic carbocycles. The van der Waals surface area contributed by atoms with Crippen molar-refractivity contribution < 1.29 is 17.9 Å². The summed E-state index contributed by atoms with van der Waals surface area (Å²) in [4.78, 5) is 0.0871. The van der Waals surface area contributed by atoms with Crippen LogP contribution in [-0.4, -0.2) is 48.3 Å². The van der Waals surface area contributed by atoms with Gasteiger partial charge in [0.05, 0.1) is 20.8 Å². The van der Waals surface area contributed by atoms with E-state index in [1.807, 2.05) is 11.5 Å². The molecule has 1 aliphatic heterocycles. The van der Waals surface area contributed by atoms with Crippen LogP contribution in [0.1, 0.15) is 11.6 Å². The maximum absolute atomic E-state index is 13.0. The summed E-state index contributed by atoms with van der Waals surface area (Å²) in [5.74, 6) is 2.17. The molecule has 8 nitrogen and oxygen atoms in total. The molecule has 0 unspecified atom stereocenters. The minimum atomic E-state index is -3.72. The first kappa shape index (κ1) is 15.8. The summed E-state index contributed by atoms with van der Waals surface area (Å²) in [6.45, 7) is 2.92. The molecule has 0 spiro atoms. The Labute approximate surface area is 134 Å². The molecule has 0 N–H and O–H groups in total. The lowest BCUT2D eigenvalue weighted by Gasteiger charge is -2.27. The fourth-order valence-corrected chi connectivity index (χ4v) is 4.17. The second kappa shape index (κ2) is 5.82. The molecule has 0 radical (unpaired) electrons. The summed E-state index contributed by atoms with van der Waals surface area (Å²) >= 11 is 0. The van der Waals surface area contributed by atoms with Gasteiger partial charge in [-0.2, -0.15) is 4.31 Å². The highest BCUT2D eigenvalue weighted by atomic mass is 32.2. The van der Waals surface area contributed by atoms with E-state index in [2.05, 4.69) is 10.2 Å². The van der Waals surface area contributed by atoms with Gasteiger partial charge in [0.1, 0.15) is 28.0 Å². The molecule has 1 aromatic carbocycles. The molecule has 0 saturated heterocycles. The van der Waals surface area contributed by atoms with Crippen LogP contribution in [0.2, 0.25) is 0 Å². The van der Waals surface area contributed by atoms with E-state index in [9.17, 15) is 8.42 Å². The van der Waals surface area contributed by atoms with Crippen molar-refractivity contribution in [3.63, 3.8) is 0 Å².